The van der Waals surface area contributed by atoms with Crippen LogP contribution in [0.2, 0.25) is 0 Å². The van der Waals surface area contributed by atoms with Crippen LogP contribution in [0.5, 0.6) is 5.75 Å². The molecule has 226 valence electrons. The second-order valence-electron chi connectivity index (χ2n) is 12.1. The summed E-state index contributed by atoms with van der Waals surface area (Å²) in [6.07, 6.45) is 11.0. The number of carbonyl (C=O) groups is 2. The van der Waals surface area contributed by atoms with Crippen molar-refractivity contribution in [2.24, 2.45) is 11.3 Å². The van der Waals surface area contributed by atoms with Crippen LogP contribution in [-0.4, -0.2) is 58.8 Å². The van der Waals surface area contributed by atoms with Crippen LogP contribution in [0.15, 0.2) is 51.8 Å². The molecule has 3 aromatic heterocycles. The molecule has 0 unspecified atom stereocenters. The lowest BCUT2D eigenvalue weighted by Gasteiger charge is -2.30. The summed E-state index contributed by atoms with van der Waals surface area (Å²) in [4.78, 5) is 41.3. The molecular weight excluding hydrogens is 546 g/mol. The van der Waals surface area contributed by atoms with Gasteiger partial charge in [0.25, 0.3) is 5.89 Å². The number of unbranched alkanes of at least 4 members (excludes halogenated alkanes) is 2. The van der Waals surface area contributed by atoms with Crippen LogP contribution in [0, 0.1) is 18.3 Å². The van der Waals surface area contributed by atoms with Crippen molar-refractivity contribution in [3.8, 4) is 17.1 Å². The van der Waals surface area contributed by atoms with Crippen molar-refractivity contribution in [3.05, 3.63) is 60.4 Å². The largest absolute Gasteiger partial charge is 0.496 e. The molecule has 4 heterocycles. The van der Waals surface area contributed by atoms with Crippen LogP contribution in [0.25, 0.3) is 22.2 Å². The average molecular weight is 586 g/mol. The van der Waals surface area contributed by atoms with E-state index in [1.807, 2.05) is 31.2 Å². The van der Waals surface area contributed by atoms with E-state index in [4.69, 9.17) is 13.6 Å². The lowest BCUT2D eigenvalue weighted by molar-refractivity contribution is -0.124. The van der Waals surface area contributed by atoms with Crippen molar-refractivity contribution in [3.63, 3.8) is 0 Å². The molecule has 2 aliphatic rings. The Balaban J connectivity index is 1.17. The Hall–Kier alpha value is -4.05. The van der Waals surface area contributed by atoms with Gasteiger partial charge in [-0.15, -0.1) is 0 Å². The molecule has 1 aliphatic heterocycles. The minimum absolute atomic E-state index is 0.0353. The number of ether oxygens (including phenoxy) is 1. The van der Waals surface area contributed by atoms with Gasteiger partial charge >= 0.3 is 0 Å². The van der Waals surface area contributed by atoms with Crippen molar-refractivity contribution in [2.75, 3.05) is 27.2 Å². The third kappa shape index (κ3) is 6.34. The van der Waals surface area contributed by atoms with E-state index in [2.05, 4.69) is 32.2 Å². The van der Waals surface area contributed by atoms with Crippen LogP contribution in [0.1, 0.15) is 79.7 Å². The number of ketones is 1. The molecule has 10 nitrogen and oxygen atoms in total. The van der Waals surface area contributed by atoms with E-state index < -0.39 is 0 Å². The monoisotopic (exact) mass is 585 g/mol. The molecular formula is C33H39N5O5. The highest BCUT2D eigenvalue weighted by Crippen LogP contribution is 2.59. The Morgan fingerprint density at radius 2 is 2.00 bits per heavy atom. The number of hydrogen-bond acceptors (Lipinski definition) is 9. The maximum atomic E-state index is 13.5. The van der Waals surface area contributed by atoms with Crippen molar-refractivity contribution < 1.29 is 23.2 Å². The summed E-state index contributed by atoms with van der Waals surface area (Å²) in [5, 5.41) is 4.26. The zero-order valence-electron chi connectivity index (χ0n) is 25.1. The number of amides is 1. The summed E-state index contributed by atoms with van der Waals surface area (Å²) >= 11 is 0. The third-order valence-corrected chi connectivity index (χ3v) is 9.11. The summed E-state index contributed by atoms with van der Waals surface area (Å²) in [6, 6.07) is 7.54. The van der Waals surface area contributed by atoms with E-state index in [0.29, 0.717) is 36.7 Å². The van der Waals surface area contributed by atoms with E-state index in [-0.39, 0.29) is 35.0 Å². The predicted molar refractivity (Wildman–Crippen MR) is 161 cm³/mol. The normalized spacial score (nSPS) is 18.5. The van der Waals surface area contributed by atoms with Gasteiger partial charge in [-0.2, -0.15) is 0 Å². The summed E-state index contributed by atoms with van der Waals surface area (Å²) in [5.41, 5.74) is 2.69. The molecule has 1 saturated heterocycles. The number of oxazole rings is 2. The Bertz CT molecular complexity index is 1590. The van der Waals surface area contributed by atoms with E-state index >= 15 is 0 Å². The molecule has 6 rings (SSSR count). The Morgan fingerprint density at radius 3 is 2.77 bits per heavy atom. The average Bonchev–Trinajstić information content (AvgIpc) is 3.36. The first-order valence-electron chi connectivity index (χ1n) is 15.2. The Labute approximate surface area is 251 Å². The van der Waals surface area contributed by atoms with E-state index in [1.165, 1.54) is 12.5 Å². The summed E-state index contributed by atoms with van der Waals surface area (Å²) in [5.74, 6) is 1.86. The molecule has 2 fully saturated rings. The number of aryl methyl sites for hydroxylation is 1. The van der Waals surface area contributed by atoms with E-state index in [0.717, 1.165) is 67.4 Å². The van der Waals surface area contributed by atoms with Crippen molar-refractivity contribution in [1.82, 2.24) is 25.2 Å². The van der Waals surface area contributed by atoms with Crippen molar-refractivity contribution in [2.45, 2.75) is 64.3 Å². The maximum Gasteiger partial charge on any atom is 0.263 e. The topological polar surface area (TPSA) is 124 Å². The number of pyridine rings is 1. The number of carbonyl (C=O) groups excluding carboxylic acids is 2. The SMILES string of the molecule is COc1cc2nc(C)ccc2cc1-c1cnc([C@H](CCCCCC(=O)c2ncco2)NC(=O)[C@H]2CC23CCN(C)CC3)o1. The molecule has 4 aromatic rings. The van der Waals surface area contributed by atoms with Gasteiger partial charge in [0.1, 0.15) is 18.1 Å². The first-order valence-corrected chi connectivity index (χ1v) is 15.2. The van der Waals surface area contributed by atoms with E-state index in [9.17, 15) is 9.59 Å². The number of hydrogen-bond donors (Lipinski definition) is 1. The van der Waals surface area contributed by atoms with Gasteiger partial charge in [-0.1, -0.05) is 18.9 Å². The number of aromatic nitrogens is 3. The molecule has 2 atom stereocenters. The number of methoxy groups -OCH3 is 1. The van der Waals surface area contributed by atoms with Gasteiger partial charge in [0.15, 0.2) is 5.76 Å². The lowest BCUT2D eigenvalue weighted by atomic mass is 9.91. The van der Waals surface area contributed by atoms with E-state index in [1.54, 1.807) is 13.3 Å². The number of piperidine rings is 1. The fourth-order valence-corrected chi connectivity index (χ4v) is 6.33. The number of fused-ring (bicyclic) bond motifs is 1. The molecule has 0 radical (unpaired) electrons. The maximum absolute atomic E-state index is 13.5. The van der Waals surface area contributed by atoms with Crippen LogP contribution in [0.3, 0.4) is 0 Å². The zero-order chi connectivity index (χ0) is 30.0. The molecule has 43 heavy (non-hydrogen) atoms. The molecule has 1 aromatic carbocycles. The van der Waals surface area contributed by atoms with Gasteiger partial charge in [0, 0.05) is 29.5 Å². The van der Waals surface area contributed by atoms with Gasteiger partial charge in [0.05, 0.1) is 30.6 Å². The predicted octanol–water partition coefficient (Wildman–Crippen LogP) is 5.92. The van der Waals surface area contributed by atoms with Crippen molar-refractivity contribution in [1.29, 1.82) is 0 Å². The smallest absolute Gasteiger partial charge is 0.263 e. The van der Waals surface area contributed by atoms with Crippen LogP contribution in [-0.2, 0) is 4.79 Å². The van der Waals surface area contributed by atoms with Gasteiger partial charge in [0.2, 0.25) is 17.6 Å². The van der Waals surface area contributed by atoms with Gasteiger partial charge in [-0.25, -0.2) is 9.97 Å². The fraction of sp³-hybridized carbons (Fsp3) is 0.485. The number of rotatable bonds is 12. The molecule has 1 aliphatic carbocycles. The molecule has 10 heteroatoms. The second kappa shape index (κ2) is 12.3. The molecule has 1 amide bonds. The van der Waals surface area contributed by atoms with Crippen LogP contribution >= 0.6 is 0 Å². The summed E-state index contributed by atoms with van der Waals surface area (Å²) in [7, 11) is 3.77. The Kier molecular flexibility index (Phi) is 8.30. The second-order valence-corrected chi connectivity index (χ2v) is 12.1. The highest BCUT2D eigenvalue weighted by molar-refractivity contribution is 5.91. The zero-order valence-corrected chi connectivity index (χ0v) is 25.1. The molecule has 0 bridgehead atoms. The lowest BCUT2D eigenvalue weighted by Crippen LogP contribution is -2.36. The van der Waals surface area contributed by atoms with Crippen LogP contribution in [0.4, 0.5) is 0 Å². The minimum Gasteiger partial charge on any atom is -0.496 e. The summed E-state index contributed by atoms with van der Waals surface area (Å²) < 4.78 is 17.1. The van der Waals surface area contributed by atoms with Gasteiger partial charge < -0.3 is 23.8 Å². The molecule has 1 N–H and O–H groups in total. The number of benzene rings is 1. The molecule has 1 saturated carbocycles. The number of likely N-dealkylation sites (tertiary alicyclic amines) is 1. The number of nitrogens with one attached hydrogen (secondary N) is 1. The van der Waals surface area contributed by atoms with Gasteiger partial charge in [-0.3, -0.25) is 14.6 Å². The molecule has 1 spiro atoms. The van der Waals surface area contributed by atoms with Crippen LogP contribution < -0.4 is 10.1 Å². The summed E-state index contributed by atoms with van der Waals surface area (Å²) in [6.45, 7) is 4.03. The first kappa shape index (κ1) is 29.0. The highest BCUT2D eigenvalue weighted by atomic mass is 16.5. The highest BCUT2D eigenvalue weighted by Gasteiger charge is 2.58. The third-order valence-electron chi connectivity index (χ3n) is 9.11. The minimum atomic E-state index is -0.372. The first-order chi connectivity index (χ1) is 20.8. The van der Waals surface area contributed by atoms with Gasteiger partial charge in [-0.05, 0) is 76.7 Å². The number of Topliss-reactive ketones (excluding diaryl/α,β-unsaturated/α-hetero) is 1. The Morgan fingerprint density at radius 1 is 1.16 bits per heavy atom. The standard InChI is InChI=1S/C33H39N5O5/c1-21-9-10-22-17-23(28(41-3)18-26(22)36-21)29-20-35-31(43-29)25(7-5-4-6-8-27(39)32-34-13-16-42-32)37-30(40)24-19-33(24)11-14-38(2)15-12-33/h9-10,13,16-18,20,24-25H,4-8,11-12,14-15,19H2,1-3H3,(H,37,40)/t24-,25+/m1/s1. The number of nitrogens with zero attached hydrogens (tertiary/aromatic N) is 4. The van der Waals surface area contributed by atoms with Crippen molar-refractivity contribution >= 4 is 22.6 Å². The quantitative estimate of drug-likeness (QED) is 0.159. The fourth-order valence-electron chi connectivity index (χ4n) is 6.33.